The molecule has 0 fully saturated rings. The minimum absolute atomic E-state index is 0.118. The molecule has 4 rings (SSSR count). The van der Waals surface area contributed by atoms with Crippen molar-refractivity contribution in [3.63, 3.8) is 0 Å². The maximum absolute atomic E-state index is 13.5. The van der Waals surface area contributed by atoms with E-state index in [1.54, 1.807) is 6.07 Å². The number of benzene rings is 2. The molecule has 0 saturated heterocycles. The molecule has 3 aromatic rings. The van der Waals surface area contributed by atoms with Gasteiger partial charge >= 0.3 is 0 Å². The van der Waals surface area contributed by atoms with Crippen molar-refractivity contribution in [3.8, 4) is 0 Å². The summed E-state index contributed by atoms with van der Waals surface area (Å²) >= 11 is 3.59. The molecule has 0 saturated carbocycles. The minimum atomic E-state index is -0.118. The molecule has 6 nitrogen and oxygen atoms in total. The monoisotopic (exact) mass is 524 g/mol. The lowest BCUT2D eigenvalue weighted by atomic mass is 10.1. The number of carbonyl (C=O) groups excluding carboxylic acids is 1. The Bertz CT molecular complexity index is 1080. The molecule has 0 bridgehead atoms. The number of fused-ring (bicyclic) bond motifs is 1. The zero-order valence-electron chi connectivity index (χ0n) is 20.0. The SMILES string of the molecule is CC(C)Cc1cc(C(=O)N2CCN(Cc3ccccc3)CCCNc3ccc(Br)cc3C2)on1. The number of aromatic nitrogens is 1. The zero-order chi connectivity index (χ0) is 23.9. The van der Waals surface area contributed by atoms with Gasteiger partial charge in [-0.25, -0.2) is 0 Å². The van der Waals surface area contributed by atoms with Crippen LogP contribution in [0.2, 0.25) is 0 Å². The molecule has 34 heavy (non-hydrogen) atoms. The molecular formula is C27H33BrN4O2. The van der Waals surface area contributed by atoms with Crippen molar-refractivity contribution in [2.45, 2.75) is 39.8 Å². The van der Waals surface area contributed by atoms with Gasteiger partial charge < -0.3 is 14.7 Å². The number of hydrogen-bond acceptors (Lipinski definition) is 5. The first-order valence-electron chi connectivity index (χ1n) is 12.0. The molecule has 0 unspecified atom stereocenters. The Morgan fingerprint density at radius 3 is 2.74 bits per heavy atom. The van der Waals surface area contributed by atoms with Crippen LogP contribution in [0.3, 0.4) is 0 Å². The van der Waals surface area contributed by atoms with Crippen molar-refractivity contribution >= 4 is 27.5 Å². The van der Waals surface area contributed by atoms with Crippen molar-refractivity contribution in [2.75, 3.05) is 31.5 Å². The molecule has 0 spiro atoms. The molecule has 0 aliphatic carbocycles. The number of rotatable bonds is 5. The van der Waals surface area contributed by atoms with Crippen LogP contribution >= 0.6 is 15.9 Å². The van der Waals surface area contributed by atoms with Gasteiger partial charge in [0.1, 0.15) is 0 Å². The third-order valence-electron chi connectivity index (χ3n) is 6.00. The number of anilines is 1. The summed E-state index contributed by atoms with van der Waals surface area (Å²) in [4.78, 5) is 17.9. The number of halogens is 1. The van der Waals surface area contributed by atoms with E-state index in [1.807, 2.05) is 17.0 Å². The highest BCUT2D eigenvalue weighted by Crippen LogP contribution is 2.24. The smallest absolute Gasteiger partial charge is 0.292 e. The average molecular weight is 525 g/mol. The highest BCUT2D eigenvalue weighted by atomic mass is 79.9. The summed E-state index contributed by atoms with van der Waals surface area (Å²) in [6, 6.07) is 18.5. The van der Waals surface area contributed by atoms with Crippen molar-refractivity contribution in [2.24, 2.45) is 5.92 Å². The lowest BCUT2D eigenvalue weighted by Gasteiger charge is -2.27. The first-order chi connectivity index (χ1) is 16.5. The number of hydrogen-bond donors (Lipinski definition) is 1. The summed E-state index contributed by atoms with van der Waals surface area (Å²) in [6.45, 7) is 8.86. The highest BCUT2D eigenvalue weighted by molar-refractivity contribution is 9.10. The summed E-state index contributed by atoms with van der Waals surface area (Å²) in [6.07, 6.45) is 1.82. The number of nitrogens with one attached hydrogen (secondary N) is 1. The van der Waals surface area contributed by atoms with E-state index in [2.05, 4.69) is 81.5 Å². The van der Waals surface area contributed by atoms with Crippen molar-refractivity contribution in [1.82, 2.24) is 15.0 Å². The van der Waals surface area contributed by atoms with Gasteiger partial charge in [0.2, 0.25) is 5.76 Å². The molecule has 1 aliphatic heterocycles. The second kappa shape index (κ2) is 11.7. The van der Waals surface area contributed by atoms with E-state index in [0.717, 1.165) is 60.4 Å². The van der Waals surface area contributed by atoms with Gasteiger partial charge in [0.25, 0.3) is 5.91 Å². The molecule has 7 heteroatoms. The van der Waals surface area contributed by atoms with Crippen LogP contribution in [0.5, 0.6) is 0 Å². The molecule has 0 atom stereocenters. The predicted molar refractivity (Wildman–Crippen MR) is 139 cm³/mol. The molecular weight excluding hydrogens is 492 g/mol. The van der Waals surface area contributed by atoms with Gasteiger partial charge in [-0.05, 0) is 48.1 Å². The van der Waals surface area contributed by atoms with E-state index in [9.17, 15) is 4.79 Å². The van der Waals surface area contributed by atoms with Gasteiger partial charge in [0, 0.05) is 55.5 Å². The Morgan fingerprint density at radius 1 is 1.12 bits per heavy atom. The Kier molecular flexibility index (Phi) is 8.40. The van der Waals surface area contributed by atoms with Crippen molar-refractivity contribution in [1.29, 1.82) is 0 Å². The second-order valence-electron chi connectivity index (χ2n) is 9.35. The fourth-order valence-corrected chi connectivity index (χ4v) is 4.71. The molecule has 180 valence electrons. The average Bonchev–Trinajstić information content (AvgIpc) is 3.26. The first kappa shape index (κ1) is 24.5. The van der Waals surface area contributed by atoms with Crippen LogP contribution in [-0.4, -0.2) is 47.0 Å². The number of carbonyl (C=O) groups is 1. The van der Waals surface area contributed by atoms with Crippen LogP contribution in [0, 0.1) is 5.92 Å². The molecule has 1 N–H and O–H groups in total. The molecule has 0 radical (unpaired) electrons. The summed E-state index contributed by atoms with van der Waals surface area (Å²) in [7, 11) is 0. The lowest BCUT2D eigenvalue weighted by Crippen LogP contribution is -2.38. The third-order valence-corrected chi connectivity index (χ3v) is 6.50. The third kappa shape index (κ3) is 6.70. The van der Waals surface area contributed by atoms with Crippen LogP contribution in [0.25, 0.3) is 0 Å². The van der Waals surface area contributed by atoms with Crippen LogP contribution in [-0.2, 0) is 19.5 Å². The van der Waals surface area contributed by atoms with E-state index in [-0.39, 0.29) is 5.91 Å². The van der Waals surface area contributed by atoms with Gasteiger partial charge in [0.15, 0.2) is 0 Å². The molecule has 1 aromatic heterocycles. The normalized spacial score (nSPS) is 15.5. The first-order valence-corrected chi connectivity index (χ1v) is 12.8. The fraction of sp³-hybridized carbons (Fsp3) is 0.407. The highest BCUT2D eigenvalue weighted by Gasteiger charge is 2.23. The van der Waals surface area contributed by atoms with E-state index in [4.69, 9.17) is 4.52 Å². The largest absolute Gasteiger partial charge is 0.385 e. The van der Waals surface area contributed by atoms with Crippen LogP contribution in [0.15, 0.2) is 63.6 Å². The number of amides is 1. The van der Waals surface area contributed by atoms with Crippen molar-refractivity contribution in [3.05, 3.63) is 81.7 Å². The van der Waals surface area contributed by atoms with Gasteiger partial charge in [-0.2, -0.15) is 0 Å². The summed E-state index contributed by atoms with van der Waals surface area (Å²) < 4.78 is 6.49. The Hall–Kier alpha value is -2.64. The minimum Gasteiger partial charge on any atom is -0.385 e. The number of nitrogens with zero attached hydrogens (tertiary/aromatic N) is 3. The fourth-order valence-electron chi connectivity index (χ4n) is 4.31. The standard InChI is InChI=1S/C27H33BrN4O2/c1-20(2)15-24-17-26(34-30-24)27(33)32-14-13-31(18-21-7-4-3-5-8-21)12-6-11-29-25-10-9-23(28)16-22(25)19-32/h3-5,7-10,16-17,20,29H,6,11-15,18-19H2,1-2H3. The van der Waals surface area contributed by atoms with E-state index < -0.39 is 0 Å². The Balaban J connectivity index is 1.58. The molecule has 1 aliphatic rings. The lowest BCUT2D eigenvalue weighted by molar-refractivity contribution is 0.0678. The topological polar surface area (TPSA) is 61.6 Å². The zero-order valence-corrected chi connectivity index (χ0v) is 21.6. The Morgan fingerprint density at radius 2 is 1.94 bits per heavy atom. The maximum atomic E-state index is 13.5. The quantitative estimate of drug-likeness (QED) is 0.470. The summed E-state index contributed by atoms with van der Waals surface area (Å²) in [5, 5.41) is 7.72. The van der Waals surface area contributed by atoms with Gasteiger partial charge in [-0.15, -0.1) is 0 Å². The summed E-state index contributed by atoms with van der Waals surface area (Å²) in [5.74, 6) is 0.643. The van der Waals surface area contributed by atoms with Crippen molar-refractivity contribution < 1.29 is 9.32 Å². The van der Waals surface area contributed by atoms with E-state index in [0.29, 0.717) is 24.8 Å². The maximum Gasteiger partial charge on any atom is 0.292 e. The molecule has 2 heterocycles. The van der Waals surface area contributed by atoms with Gasteiger partial charge in [-0.1, -0.05) is 65.3 Å². The molecule has 1 amide bonds. The van der Waals surface area contributed by atoms with E-state index >= 15 is 0 Å². The van der Waals surface area contributed by atoms with E-state index in [1.165, 1.54) is 5.56 Å². The van der Waals surface area contributed by atoms with Crippen LogP contribution < -0.4 is 5.32 Å². The predicted octanol–water partition coefficient (Wildman–Crippen LogP) is 5.60. The Labute approximate surface area is 210 Å². The second-order valence-corrected chi connectivity index (χ2v) is 10.3. The summed E-state index contributed by atoms with van der Waals surface area (Å²) in [5.41, 5.74) is 4.26. The van der Waals surface area contributed by atoms with Crippen LogP contribution in [0.1, 0.15) is 47.6 Å². The van der Waals surface area contributed by atoms with Gasteiger partial charge in [-0.3, -0.25) is 9.69 Å². The molecule has 2 aromatic carbocycles. The van der Waals surface area contributed by atoms with Crippen LogP contribution in [0.4, 0.5) is 5.69 Å². The van der Waals surface area contributed by atoms with Gasteiger partial charge in [0.05, 0.1) is 5.69 Å².